The lowest BCUT2D eigenvalue weighted by Crippen LogP contribution is -2.27. The lowest BCUT2D eigenvalue weighted by molar-refractivity contribution is -0.192. The molecule has 0 atom stereocenters. The second kappa shape index (κ2) is 13.0. The number of aryl methyl sites for hydroxylation is 1. The summed E-state index contributed by atoms with van der Waals surface area (Å²) in [5.41, 5.74) is 5.99. The van der Waals surface area contributed by atoms with E-state index in [1.807, 2.05) is 66.1 Å². The van der Waals surface area contributed by atoms with Gasteiger partial charge in [-0.3, -0.25) is 4.57 Å². The second-order valence-corrected chi connectivity index (χ2v) is 9.30. The van der Waals surface area contributed by atoms with Crippen molar-refractivity contribution in [1.82, 2.24) is 14.5 Å². The van der Waals surface area contributed by atoms with E-state index in [4.69, 9.17) is 14.9 Å². The van der Waals surface area contributed by atoms with Gasteiger partial charge in [0.2, 0.25) is 0 Å². The highest BCUT2D eigenvalue weighted by Gasteiger charge is 2.38. The van der Waals surface area contributed by atoms with Gasteiger partial charge in [0.1, 0.15) is 5.82 Å². The first-order chi connectivity index (χ1) is 19.7. The first-order valence-electron chi connectivity index (χ1n) is 12.7. The first kappa shape index (κ1) is 31.4. The fourth-order valence-electron chi connectivity index (χ4n) is 4.01. The molecule has 2 amide bonds. The molecule has 220 valence electrons. The molecule has 3 aromatic carbocycles. The smallest absolute Gasteiger partial charge is 0.478 e. The summed E-state index contributed by atoms with van der Waals surface area (Å²) in [6.45, 7) is 4.04. The number of carboxylic acid groups (broad SMARTS) is 2. The molecule has 0 unspecified atom stereocenters. The molecule has 12 heteroatoms. The summed E-state index contributed by atoms with van der Waals surface area (Å²) < 4.78 is 33.8. The third-order valence-electron chi connectivity index (χ3n) is 6.00. The summed E-state index contributed by atoms with van der Waals surface area (Å²) in [5.74, 6) is -2.94. The van der Waals surface area contributed by atoms with E-state index in [2.05, 4.69) is 18.3 Å². The number of urea groups is 1. The van der Waals surface area contributed by atoms with Crippen LogP contribution >= 0.6 is 0 Å². The van der Waals surface area contributed by atoms with Crippen LogP contribution in [0.1, 0.15) is 35.1 Å². The molecule has 0 aliphatic carbocycles. The Kier molecular flexibility index (Phi) is 9.74. The number of imidazole rings is 1. The fraction of sp³-hybridized carbons (Fsp3) is 0.200. The fourth-order valence-corrected chi connectivity index (χ4v) is 4.01. The van der Waals surface area contributed by atoms with Crippen LogP contribution < -0.4 is 5.32 Å². The van der Waals surface area contributed by atoms with Crippen molar-refractivity contribution < 1.29 is 37.8 Å². The highest BCUT2D eigenvalue weighted by molar-refractivity contribution is 5.97. The number of halogens is 3. The number of benzene rings is 3. The van der Waals surface area contributed by atoms with Crippen molar-refractivity contribution in [3.05, 3.63) is 83.7 Å². The molecule has 4 aromatic rings. The van der Waals surface area contributed by atoms with Gasteiger partial charge >= 0.3 is 24.1 Å². The topological polar surface area (TPSA) is 125 Å². The Balaban J connectivity index is 0.000000616. The Labute approximate surface area is 239 Å². The molecule has 3 N–H and O–H groups in total. The van der Waals surface area contributed by atoms with Gasteiger partial charge in [-0.1, -0.05) is 37.3 Å². The van der Waals surface area contributed by atoms with E-state index in [1.165, 1.54) is 4.90 Å². The number of fused-ring (bicyclic) bond motifs is 1. The maximum Gasteiger partial charge on any atom is 0.490 e. The zero-order valence-electron chi connectivity index (χ0n) is 23.2. The van der Waals surface area contributed by atoms with Crippen molar-refractivity contribution in [3.63, 3.8) is 0 Å². The Morgan fingerprint density at radius 1 is 1.00 bits per heavy atom. The average molecular weight is 583 g/mol. The van der Waals surface area contributed by atoms with Gasteiger partial charge in [0.25, 0.3) is 0 Å². The number of hydrogen-bond acceptors (Lipinski definition) is 4. The maximum absolute atomic E-state index is 12.2. The minimum atomic E-state index is -5.08. The Bertz CT molecular complexity index is 1660. The highest BCUT2D eigenvalue weighted by Crippen LogP contribution is 2.31. The molecule has 9 nitrogen and oxygen atoms in total. The maximum atomic E-state index is 12.2. The van der Waals surface area contributed by atoms with E-state index < -0.39 is 18.1 Å². The molecule has 0 aliphatic heterocycles. The van der Waals surface area contributed by atoms with Crippen molar-refractivity contribution in [2.45, 2.75) is 26.4 Å². The molecular weight excluding hydrogens is 553 g/mol. The number of anilines is 1. The van der Waals surface area contributed by atoms with Crippen LogP contribution in [-0.2, 0) is 4.79 Å². The zero-order valence-corrected chi connectivity index (χ0v) is 23.2. The minimum Gasteiger partial charge on any atom is -0.478 e. The Morgan fingerprint density at radius 3 is 2.24 bits per heavy atom. The summed E-state index contributed by atoms with van der Waals surface area (Å²) in [7, 11) is 3.39. The molecule has 0 radical (unpaired) electrons. The number of nitrogens with zero attached hydrogens (tertiary/aromatic N) is 3. The van der Waals surface area contributed by atoms with Crippen molar-refractivity contribution >= 4 is 40.8 Å². The van der Waals surface area contributed by atoms with E-state index in [0.29, 0.717) is 11.3 Å². The number of allylic oxidation sites excluding steroid dienone is 1. The van der Waals surface area contributed by atoms with E-state index in [9.17, 15) is 27.9 Å². The number of carbonyl (C=O) groups excluding carboxylic acids is 1. The van der Waals surface area contributed by atoms with E-state index in [0.717, 1.165) is 40.1 Å². The summed E-state index contributed by atoms with van der Waals surface area (Å²) in [4.78, 5) is 39.1. The number of aromatic nitrogens is 2. The summed E-state index contributed by atoms with van der Waals surface area (Å²) in [6.07, 6.45) is -0.172. The van der Waals surface area contributed by atoms with Crippen molar-refractivity contribution in [1.29, 1.82) is 0 Å². The Morgan fingerprint density at radius 2 is 1.67 bits per heavy atom. The normalized spacial score (nSPS) is 11.2. The van der Waals surface area contributed by atoms with Crippen molar-refractivity contribution in [2.75, 3.05) is 19.4 Å². The number of aromatic carboxylic acids is 1. The van der Waals surface area contributed by atoms with Crippen LogP contribution in [0, 0.1) is 6.92 Å². The van der Waals surface area contributed by atoms with Gasteiger partial charge in [0.15, 0.2) is 0 Å². The number of carboxylic acids is 2. The molecule has 42 heavy (non-hydrogen) atoms. The predicted molar refractivity (Wildman–Crippen MR) is 154 cm³/mol. The van der Waals surface area contributed by atoms with Crippen molar-refractivity contribution in [2.24, 2.45) is 0 Å². The number of alkyl halides is 3. The van der Waals surface area contributed by atoms with E-state index in [-0.39, 0.29) is 11.6 Å². The molecule has 1 heterocycles. The molecule has 1 aromatic heterocycles. The van der Waals surface area contributed by atoms with Crippen LogP contribution in [-0.4, -0.2) is 62.9 Å². The third kappa shape index (κ3) is 7.33. The number of amides is 2. The largest absolute Gasteiger partial charge is 0.490 e. The van der Waals surface area contributed by atoms with Gasteiger partial charge in [-0.05, 0) is 72.5 Å². The minimum absolute atomic E-state index is 0.209. The molecule has 4 rings (SSSR count). The molecule has 0 bridgehead atoms. The van der Waals surface area contributed by atoms with Crippen LogP contribution in [0.4, 0.5) is 23.7 Å². The van der Waals surface area contributed by atoms with Gasteiger partial charge in [0, 0.05) is 25.5 Å². The standard InChI is InChI=1S/C28H28N4O3.C2HF3O2/c1-5-6-11-26-30-24-15-12-19(29-28(35)31(3)4)17-25(24)32(26)20-13-14-21(18(2)16-20)22-9-7-8-10-23(22)27(33)34;3-2(4,5)1(6)7/h6-17H,5H2,1-4H3,(H,29,35)(H,33,34);(H,6,7). The summed E-state index contributed by atoms with van der Waals surface area (Å²) in [6, 6.07) is 18.4. The lowest BCUT2D eigenvalue weighted by Gasteiger charge is -2.14. The number of nitrogens with one attached hydrogen (secondary N) is 1. The highest BCUT2D eigenvalue weighted by atomic mass is 19.4. The van der Waals surface area contributed by atoms with Crippen LogP contribution in [0.3, 0.4) is 0 Å². The van der Waals surface area contributed by atoms with Gasteiger partial charge in [-0.25, -0.2) is 19.4 Å². The summed E-state index contributed by atoms with van der Waals surface area (Å²) in [5, 5.41) is 19.7. The van der Waals surface area contributed by atoms with Gasteiger partial charge in [-0.2, -0.15) is 13.2 Å². The van der Waals surface area contributed by atoms with Crippen molar-refractivity contribution in [3.8, 4) is 16.8 Å². The van der Waals surface area contributed by atoms with Crippen LogP contribution in [0.15, 0.2) is 66.7 Å². The average Bonchev–Trinajstić information content (AvgIpc) is 3.29. The second-order valence-electron chi connectivity index (χ2n) is 9.30. The molecule has 0 saturated heterocycles. The molecule has 0 fully saturated rings. The van der Waals surface area contributed by atoms with Gasteiger partial charge < -0.3 is 20.4 Å². The predicted octanol–water partition coefficient (Wildman–Crippen LogP) is 6.85. The lowest BCUT2D eigenvalue weighted by atomic mass is 9.95. The first-order valence-corrected chi connectivity index (χ1v) is 12.7. The quantitative estimate of drug-likeness (QED) is 0.228. The number of rotatable bonds is 6. The molecule has 0 aliphatic rings. The van der Waals surface area contributed by atoms with Gasteiger partial charge in [0.05, 0.1) is 16.6 Å². The number of carbonyl (C=O) groups is 3. The molecule has 0 saturated carbocycles. The van der Waals surface area contributed by atoms with Crippen LogP contribution in [0.5, 0.6) is 0 Å². The molecular formula is C30H29F3N4O5. The van der Waals surface area contributed by atoms with E-state index in [1.54, 1.807) is 26.2 Å². The third-order valence-corrected chi connectivity index (χ3v) is 6.00. The SMILES string of the molecule is CCC=Cc1nc2ccc(NC(=O)N(C)C)cc2n1-c1ccc(-c2ccccc2C(=O)O)c(C)c1.O=C(O)C(F)(F)F. The molecule has 0 spiro atoms. The number of aliphatic carboxylic acids is 1. The van der Waals surface area contributed by atoms with Crippen LogP contribution in [0.25, 0.3) is 33.9 Å². The number of hydrogen-bond donors (Lipinski definition) is 3. The Hall–Kier alpha value is -5.13. The van der Waals surface area contributed by atoms with Crippen LogP contribution in [0.2, 0.25) is 0 Å². The van der Waals surface area contributed by atoms with Gasteiger partial charge in [-0.15, -0.1) is 0 Å². The zero-order chi connectivity index (χ0) is 31.2. The summed E-state index contributed by atoms with van der Waals surface area (Å²) >= 11 is 0. The monoisotopic (exact) mass is 582 g/mol. The van der Waals surface area contributed by atoms with E-state index >= 15 is 0 Å².